The highest BCUT2D eigenvalue weighted by Crippen LogP contribution is 2.18. The quantitative estimate of drug-likeness (QED) is 0.756. The van der Waals surface area contributed by atoms with Crippen LogP contribution in [0.5, 0.6) is 5.75 Å². The second-order valence-electron chi connectivity index (χ2n) is 5.22. The van der Waals surface area contributed by atoms with Crippen molar-refractivity contribution in [2.45, 2.75) is 6.42 Å². The Hall–Kier alpha value is -3.08. The first-order chi connectivity index (χ1) is 11.8. The van der Waals surface area contributed by atoms with Crippen molar-refractivity contribution in [1.82, 2.24) is 10.3 Å². The largest absolute Gasteiger partial charge is 0.496 e. The van der Waals surface area contributed by atoms with Gasteiger partial charge in [0.2, 0.25) is 5.89 Å². The van der Waals surface area contributed by atoms with Crippen LogP contribution in [0.15, 0.2) is 65.3 Å². The number of amides is 1. The Balaban J connectivity index is 1.57. The van der Waals surface area contributed by atoms with E-state index in [4.69, 9.17) is 9.15 Å². The molecule has 5 nitrogen and oxygen atoms in total. The summed E-state index contributed by atoms with van der Waals surface area (Å²) in [4.78, 5) is 16.6. The highest BCUT2D eigenvalue weighted by atomic mass is 16.5. The third kappa shape index (κ3) is 3.63. The fourth-order valence-electron chi connectivity index (χ4n) is 2.37. The first-order valence-corrected chi connectivity index (χ1v) is 7.69. The normalized spacial score (nSPS) is 10.4. The van der Waals surface area contributed by atoms with Gasteiger partial charge in [0.1, 0.15) is 12.0 Å². The summed E-state index contributed by atoms with van der Waals surface area (Å²) in [7, 11) is 1.55. The van der Waals surface area contributed by atoms with Crippen molar-refractivity contribution < 1.29 is 13.9 Å². The van der Waals surface area contributed by atoms with Crippen molar-refractivity contribution in [2.24, 2.45) is 0 Å². The molecule has 0 saturated carbocycles. The number of hydrogen-bond donors (Lipinski definition) is 1. The molecule has 1 amide bonds. The Bertz CT molecular complexity index is 812. The summed E-state index contributed by atoms with van der Waals surface area (Å²) < 4.78 is 10.7. The van der Waals surface area contributed by atoms with Gasteiger partial charge in [-0.15, -0.1) is 0 Å². The van der Waals surface area contributed by atoms with Gasteiger partial charge in [0.15, 0.2) is 0 Å². The summed E-state index contributed by atoms with van der Waals surface area (Å²) in [6.07, 6.45) is 2.22. The van der Waals surface area contributed by atoms with E-state index >= 15 is 0 Å². The maximum atomic E-state index is 12.2. The van der Waals surface area contributed by atoms with E-state index in [1.54, 1.807) is 31.6 Å². The van der Waals surface area contributed by atoms with Crippen LogP contribution in [0.4, 0.5) is 0 Å². The van der Waals surface area contributed by atoms with Crippen molar-refractivity contribution in [3.05, 3.63) is 72.1 Å². The van der Waals surface area contributed by atoms with Crippen LogP contribution in [0, 0.1) is 0 Å². The van der Waals surface area contributed by atoms with Gasteiger partial charge in [0, 0.05) is 18.5 Å². The minimum Gasteiger partial charge on any atom is -0.496 e. The van der Waals surface area contributed by atoms with Crippen LogP contribution in [0.1, 0.15) is 16.1 Å². The summed E-state index contributed by atoms with van der Waals surface area (Å²) in [6.45, 7) is 0.470. The van der Waals surface area contributed by atoms with E-state index in [1.807, 2.05) is 36.4 Å². The molecular formula is C19H18N2O3. The average molecular weight is 322 g/mol. The highest BCUT2D eigenvalue weighted by molar-refractivity contribution is 5.96. The third-order valence-electron chi connectivity index (χ3n) is 3.59. The number of nitrogens with zero attached hydrogens (tertiary/aromatic N) is 1. The first kappa shape index (κ1) is 15.8. The summed E-state index contributed by atoms with van der Waals surface area (Å²) in [5, 5.41) is 2.87. The third-order valence-corrected chi connectivity index (χ3v) is 3.59. The van der Waals surface area contributed by atoms with Gasteiger partial charge in [-0.25, -0.2) is 4.98 Å². The number of methoxy groups -OCH3 is 1. The number of nitrogens with one attached hydrogen (secondary N) is 1. The number of benzene rings is 2. The van der Waals surface area contributed by atoms with E-state index in [-0.39, 0.29) is 5.91 Å². The molecule has 0 aliphatic rings. The molecule has 0 aliphatic heterocycles. The zero-order valence-electron chi connectivity index (χ0n) is 13.4. The molecule has 3 aromatic rings. The summed E-state index contributed by atoms with van der Waals surface area (Å²) in [5.74, 6) is 0.976. The molecule has 24 heavy (non-hydrogen) atoms. The Kier molecular flexibility index (Phi) is 4.91. The van der Waals surface area contributed by atoms with Gasteiger partial charge in [-0.1, -0.05) is 30.3 Å². The van der Waals surface area contributed by atoms with Crippen LogP contribution in [-0.2, 0) is 6.42 Å². The van der Waals surface area contributed by atoms with Gasteiger partial charge < -0.3 is 14.5 Å². The Morgan fingerprint density at radius 2 is 1.88 bits per heavy atom. The van der Waals surface area contributed by atoms with Crippen LogP contribution in [0.3, 0.4) is 0 Å². The Morgan fingerprint density at radius 3 is 2.67 bits per heavy atom. The fraction of sp³-hybridized carbons (Fsp3) is 0.158. The number of carbonyl (C=O) groups is 1. The predicted molar refractivity (Wildman–Crippen MR) is 91.0 cm³/mol. The van der Waals surface area contributed by atoms with Gasteiger partial charge in [-0.05, 0) is 24.3 Å². The summed E-state index contributed by atoms with van der Waals surface area (Å²) >= 11 is 0. The molecule has 0 spiro atoms. The lowest BCUT2D eigenvalue weighted by molar-refractivity contribution is 0.0951. The number of ether oxygens (including phenoxy) is 1. The smallest absolute Gasteiger partial charge is 0.255 e. The molecule has 0 atom stereocenters. The Labute approximate surface area is 140 Å². The molecule has 0 aliphatic carbocycles. The maximum absolute atomic E-state index is 12.2. The van der Waals surface area contributed by atoms with Crippen LogP contribution in [-0.4, -0.2) is 24.5 Å². The topological polar surface area (TPSA) is 64.4 Å². The van der Waals surface area contributed by atoms with Crippen LogP contribution in [0.2, 0.25) is 0 Å². The lowest BCUT2D eigenvalue weighted by atomic mass is 10.2. The van der Waals surface area contributed by atoms with Gasteiger partial charge in [-0.2, -0.15) is 0 Å². The van der Waals surface area contributed by atoms with Gasteiger partial charge in [0.05, 0.1) is 18.4 Å². The number of hydrogen-bond acceptors (Lipinski definition) is 4. The number of oxazole rings is 1. The molecular weight excluding hydrogens is 304 g/mol. The van der Waals surface area contributed by atoms with E-state index in [1.165, 1.54) is 0 Å². The standard InChI is InChI=1S/C19H18N2O3/c1-23-17-10-6-5-9-16(17)18(22)20-12-11-15-13-24-19(21-15)14-7-3-2-4-8-14/h2-10,13H,11-12H2,1H3,(H,20,22). The van der Waals surface area contributed by atoms with Crippen LogP contribution in [0.25, 0.3) is 11.5 Å². The first-order valence-electron chi connectivity index (χ1n) is 7.69. The van der Waals surface area contributed by atoms with Crippen LogP contribution >= 0.6 is 0 Å². The molecule has 0 saturated heterocycles. The monoisotopic (exact) mass is 322 g/mol. The summed E-state index contributed by atoms with van der Waals surface area (Å²) in [6, 6.07) is 16.8. The zero-order chi connectivity index (χ0) is 16.8. The molecule has 1 heterocycles. The Morgan fingerprint density at radius 1 is 1.12 bits per heavy atom. The van der Waals surface area contributed by atoms with Gasteiger partial charge in [-0.3, -0.25) is 4.79 Å². The lowest BCUT2D eigenvalue weighted by Gasteiger charge is -2.08. The predicted octanol–water partition coefficient (Wildman–Crippen LogP) is 3.32. The van der Waals surface area contributed by atoms with Crippen molar-refractivity contribution in [2.75, 3.05) is 13.7 Å². The van der Waals surface area contributed by atoms with Crippen molar-refractivity contribution in [3.8, 4) is 17.2 Å². The van der Waals surface area contributed by atoms with Crippen molar-refractivity contribution >= 4 is 5.91 Å². The number of aromatic nitrogens is 1. The van der Waals surface area contributed by atoms with E-state index in [0.717, 1.165) is 11.3 Å². The number of carbonyl (C=O) groups excluding carboxylic acids is 1. The molecule has 1 aromatic heterocycles. The number of para-hydroxylation sites is 1. The van der Waals surface area contributed by atoms with E-state index in [9.17, 15) is 4.79 Å². The molecule has 3 rings (SSSR count). The lowest BCUT2D eigenvalue weighted by Crippen LogP contribution is -2.26. The minimum atomic E-state index is -0.167. The number of rotatable bonds is 6. The van der Waals surface area contributed by atoms with E-state index in [2.05, 4.69) is 10.3 Å². The minimum absolute atomic E-state index is 0.167. The molecule has 0 fully saturated rings. The second kappa shape index (κ2) is 7.46. The molecule has 2 aromatic carbocycles. The molecule has 122 valence electrons. The van der Waals surface area contributed by atoms with Gasteiger partial charge in [0.25, 0.3) is 5.91 Å². The molecule has 5 heteroatoms. The van der Waals surface area contributed by atoms with Crippen molar-refractivity contribution in [1.29, 1.82) is 0 Å². The fourth-order valence-corrected chi connectivity index (χ4v) is 2.37. The molecule has 0 radical (unpaired) electrons. The SMILES string of the molecule is COc1ccccc1C(=O)NCCc1coc(-c2ccccc2)n1. The summed E-state index contributed by atoms with van der Waals surface area (Å²) in [5.41, 5.74) is 2.25. The average Bonchev–Trinajstić information content (AvgIpc) is 3.11. The molecule has 0 bridgehead atoms. The molecule has 1 N–H and O–H groups in total. The maximum Gasteiger partial charge on any atom is 0.255 e. The van der Waals surface area contributed by atoms with E-state index < -0.39 is 0 Å². The zero-order valence-corrected chi connectivity index (χ0v) is 13.4. The van der Waals surface area contributed by atoms with Gasteiger partial charge >= 0.3 is 0 Å². The van der Waals surface area contributed by atoms with E-state index in [0.29, 0.717) is 30.2 Å². The molecule has 0 unspecified atom stereocenters. The highest BCUT2D eigenvalue weighted by Gasteiger charge is 2.11. The van der Waals surface area contributed by atoms with Crippen LogP contribution < -0.4 is 10.1 Å². The van der Waals surface area contributed by atoms with Crippen molar-refractivity contribution in [3.63, 3.8) is 0 Å². The second-order valence-corrected chi connectivity index (χ2v) is 5.22.